The molecule has 0 saturated heterocycles. The van der Waals surface area contributed by atoms with Crippen LogP contribution in [0.15, 0.2) is 69.6 Å². The van der Waals surface area contributed by atoms with Gasteiger partial charge in [-0.2, -0.15) is 0 Å². The summed E-state index contributed by atoms with van der Waals surface area (Å²) < 4.78 is 1.47. The minimum absolute atomic E-state index is 0.218. The third-order valence-electron chi connectivity index (χ3n) is 3.68. The van der Waals surface area contributed by atoms with Gasteiger partial charge < -0.3 is 4.90 Å². The van der Waals surface area contributed by atoms with Crippen molar-refractivity contribution in [2.24, 2.45) is 10.2 Å². The summed E-state index contributed by atoms with van der Waals surface area (Å²) >= 11 is 0. The lowest BCUT2D eigenvalue weighted by Crippen LogP contribution is -2.13. The molecule has 0 bridgehead atoms. The topological polar surface area (TPSA) is 65.8 Å². The Hall–Kier alpha value is -3.15. The zero-order valence-electron chi connectivity index (χ0n) is 13.9. The fourth-order valence-corrected chi connectivity index (χ4v) is 2.45. The summed E-state index contributed by atoms with van der Waals surface area (Å²) in [4.78, 5) is 14.6. The summed E-state index contributed by atoms with van der Waals surface area (Å²) in [5.41, 5.74) is 3.19. The van der Waals surface area contributed by atoms with Gasteiger partial charge in [0.25, 0.3) is 5.56 Å². The quantitative estimate of drug-likeness (QED) is 0.739. The van der Waals surface area contributed by atoms with E-state index in [4.69, 9.17) is 0 Å². The van der Waals surface area contributed by atoms with Gasteiger partial charge in [0.2, 0.25) is 0 Å². The molecule has 0 aliphatic rings. The van der Waals surface area contributed by atoms with Gasteiger partial charge in [-0.05, 0) is 31.2 Å². The average molecular weight is 321 g/mol. The number of rotatable bonds is 4. The number of nitrogens with zero attached hydrogens (tertiary/aromatic N) is 4. The fourth-order valence-electron chi connectivity index (χ4n) is 2.45. The Kier molecular flexibility index (Phi) is 4.29. The van der Waals surface area contributed by atoms with Gasteiger partial charge in [0, 0.05) is 14.1 Å². The van der Waals surface area contributed by atoms with Gasteiger partial charge in [-0.25, -0.2) is 4.68 Å². The first-order valence-corrected chi connectivity index (χ1v) is 7.63. The van der Waals surface area contributed by atoms with Crippen molar-refractivity contribution in [2.75, 3.05) is 19.0 Å². The zero-order valence-corrected chi connectivity index (χ0v) is 13.9. The Bertz CT molecular complexity index is 922. The molecule has 0 fully saturated rings. The number of nitrogens with one attached hydrogen (secondary N) is 1. The molecule has 24 heavy (non-hydrogen) atoms. The van der Waals surface area contributed by atoms with Crippen LogP contribution in [-0.4, -0.2) is 23.9 Å². The van der Waals surface area contributed by atoms with E-state index in [-0.39, 0.29) is 5.56 Å². The molecule has 0 aliphatic carbocycles. The highest BCUT2D eigenvalue weighted by molar-refractivity contribution is 5.65. The molecule has 0 saturated carbocycles. The van der Waals surface area contributed by atoms with Crippen molar-refractivity contribution in [2.45, 2.75) is 6.92 Å². The summed E-state index contributed by atoms with van der Waals surface area (Å²) in [7, 11) is 3.89. The highest BCUT2D eigenvalue weighted by atomic mass is 16.1. The number of aromatic nitrogens is 2. The van der Waals surface area contributed by atoms with Gasteiger partial charge in [0.1, 0.15) is 5.69 Å². The molecule has 3 aromatic rings. The second-order valence-electron chi connectivity index (χ2n) is 5.64. The Morgan fingerprint density at radius 1 is 0.958 bits per heavy atom. The predicted octanol–water partition coefficient (Wildman–Crippen LogP) is 3.96. The van der Waals surface area contributed by atoms with Crippen LogP contribution in [0.4, 0.5) is 17.1 Å². The van der Waals surface area contributed by atoms with Crippen LogP contribution in [0.2, 0.25) is 0 Å². The minimum Gasteiger partial charge on any atom is -0.376 e. The van der Waals surface area contributed by atoms with Crippen LogP contribution in [-0.2, 0) is 0 Å². The van der Waals surface area contributed by atoms with Crippen molar-refractivity contribution >= 4 is 17.1 Å². The Labute approximate surface area is 140 Å². The predicted molar refractivity (Wildman–Crippen MR) is 96.1 cm³/mol. The summed E-state index contributed by atoms with van der Waals surface area (Å²) in [5, 5.41) is 11.5. The number of azo groups is 1. The third-order valence-corrected chi connectivity index (χ3v) is 3.68. The first-order valence-electron chi connectivity index (χ1n) is 7.63. The van der Waals surface area contributed by atoms with E-state index in [1.165, 1.54) is 4.68 Å². The van der Waals surface area contributed by atoms with Gasteiger partial charge in [-0.15, -0.1) is 10.2 Å². The van der Waals surface area contributed by atoms with E-state index in [9.17, 15) is 4.79 Å². The number of aryl methyl sites for hydroxylation is 1. The number of para-hydroxylation sites is 2. The minimum atomic E-state index is -0.218. The lowest BCUT2D eigenvalue weighted by Gasteiger charge is -2.13. The first kappa shape index (κ1) is 15.7. The molecule has 0 atom stereocenters. The highest BCUT2D eigenvalue weighted by Crippen LogP contribution is 2.28. The van der Waals surface area contributed by atoms with Crippen LogP contribution in [0.3, 0.4) is 0 Å². The summed E-state index contributed by atoms with van der Waals surface area (Å²) in [6.07, 6.45) is 0. The number of benzene rings is 2. The van der Waals surface area contributed by atoms with E-state index in [1.54, 1.807) is 0 Å². The van der Waals surface area contributed by atoms with Crippen LogP contribution in [0, 0.1) is 6.92 Å². The largest absolute Gasteiger partial charge is 0.376 e. The van der Waals surface area contributed by atoms with E-state index in [1.807, 2.05) is 80.5 Å². The number of H-pyrrole nitrogens is 1. The van der Waals surface area contributed by atoms with Gasteiger partial charge in [0.15, 0.2) is 5.69 Å². The molecule has 0 unspecified atom stereocenters. The number of aromatic amines is 1. The molecule has 6 nitrogen and oxygen atoms in total. The van der Waals surface area contributed by atoms with Gasteiger partial charge in [0.05, 0.1) is 17.1 Å². The Balaban J connectivity index is 2.01. The molecule has 0 amide bonds. The number of hydrogen-bond donors (Lipinski definition) is 1. The fraction of sp³-hybridized carbons (Fsp3) is 0.167. The Morgan fingerprint density at radius 3 is 2.33 bits per heavy atom. The lowest BCUT2D eigenvalue weighted by molar-refractivity contribution is 0.835. The number of hydrogen-bond acceptors (Lipinski definition) is 4. The van der Waals surface area contributed by atoms with E-state index < -0.39 is 0 Å². The van der Waals surface area contributed by atoms with Crippen molar-refractivity contribution in [1.29, 1.82) is 0 Å². The second-order valence-corrected chi connectivity index (χ2v) is 5.64. The zero-order chi connectivity index (χ0) is 17.1. The maximum absolute atomic E-state index is 12.6. The molecule has 6 heteroatoms. The van der Waals surface area contributed by atoms with E-state index in [2.05, 4.69) is 15.3 Å². The van der Waals surface area contributed by atoms with Gasteiger partial charge in [-0.1, -0.05) is 30.3 Å². The van der Waals surface area contributed by atoms with Crippen molar-refractivity contribution in [3.63, 3.8) is 0 Å². The molecular formula is C18H19N5O. The number of anilines is 1. The summed E-state index contributed by atoms with van der Waals surface area (Å²) in [6.45, 7) is 1.81. The third kappa shape index (κ3) is 2.99. The summed E-state index contributed by atoms with van der Waals surface area (Å²) in [5.74, 6) is 0. The van der Waals surface area contributed by atoms with Crippen LogP contribution in [0.5, 0.6) is 0 Å². The smallest absolute Gasteiger partial charge is 0.299 e. The first-order chi connectivity index (χ1) is 11.6. The van der Waals surface area contributed by atoms with Crippen LogP contribution in [0.25, 0.3) is 5.69 Å². The monoisotopic (exact) mass is 321 g/mol. The molecule has 1 heterocycles. The standard InChI is InChI=1S/C18H19N5O/c1-13-17(18(24)23(21-13)14-9-5-4-6-10-14)20-19-15-11-7-8-12-16(15)22(2)3/h4-12,21H,1-3H3. The molecule has 0 aliphatic heterocycles. The average Bonchev–Trinajstić information content (AvgIpc) is 2.88. The maximum Gasteiger partial charge on any atom is 0.299 e. The van der Waals surface area contributed by atoms with Crippen LogP contribution < -0.4 is 10.5 Å². The molecule has 0 spiro atoms. The van der Waals surface area contributed by atoms with Crippen molar-refractivity contribution in [1.82, 2.24) is 9.78 Å². The highest BCUT2D eigenvalue weighted by Gasteiger charge is 2.12. The summed E-state index contributed by atoms with van der Waals surface area (Å²) in [6, 6.07) is 17.1. The van der Waals surface area contributed by atoms with Crippen molar-refractivity contribution in [3.05, 3.63) is 70.6 Å². The van der Waals surface area contributed by atoms with Gasteiger partial charge >= 0.3 is 0 Å². The Morgan fingerprint density at radius 2 is 1.62 bits per heavy atom. The molecule has 122 valence electrons. The van der Waals surface area contributed by atoms with E-state index in [0.29, 0.717) is 17.1 Å². The maximum atomic E-state index is 12.6. The molecule has 1 N–H and O–H groups in total. The molecule has 0 radical (unpaired) electrons. The van der Waals surface area contributed by atoms with E-state index >= 15 is 0 Å². The van der Waals surface area contributed by atoms with Crippen molar-refractivity contribution < 1.29 is 0 Å². The molecule has 1 aromatic heterocycles. The lowest BCUT2D eigenvalue weighted by atomic mass is 10.2. The van der Waals surface area contributed by atoms with Crippen LogP contribution >= 0.6 is 0 Å². The molecule has 2 aromatic carbocycles. The molecule has 3 rings (SSSR count). The van der Waals surface area contributed by atoms with Gasteiger partial charge in [-0.3, -0.25) is 9.89 Å². The van der Waals surface area contributed by atoms with Crippen LogP contribution in [0.1, 0.15) is 5.69 Å². The SMILES string of the molecule is Cc1[nH]n(-c2ccccc2)c(=O)c1N=Nc1ccccc1N(C)C. The van der Waals surface area contributed by atoms with Crippen molar-refractivity contribution in [3.8, 4) is 5.69 Å². The second kappa shape index (κ2) is 6.54. The normalized spacial score (nSPS) is 11.1. The van der Waals surface area contributed by atoms with E-state index in [0.717, 1.165) is 11.4 Å². The molecular weight excluding hydrogens is 302 g/mol.